The molecule has 0 amide bonds. The molecular weight excluding hydrogens is 649 g/mol. The Kier molecular flexibility index (Phi) is 6.46. The normalized spacial score (nSPS) is 14.6. The Morgan fingerprint density at radius 1 is 0.296 bits per heavy atom. The topological polar surface area (TPSA) is 0 Å². The predicted molar refractivity (Wildman–Crippen MR) is 230 cm³/mol. The first kappa shape index (κ1) is 31.3. The van der Waals surface area contributed by atoms with Crippen LogP contribution < -0.4 is 0 Å². The fraction of sp³-hybridized carbons (Fsp3) is 0.111. The molecule has 54 heavy (non-hydrogen) atoms. The van der Waals surface area contributed by atoms with E-state index in [1.54, 1.807) is 0 Å². The van der Waals surface area contributed by atoms with Crippen molar-refractivity contribution < 1.29 is 0 Å². The van der Waals surface area contributed by atoms with Gasteiger partial charge < -0.3 is 0 Å². The van der Waals surface area contributed by atoms with Crippen LogP contribution in [0.4, 0.5) is 0 Å². The molecule has 9 aromatic carbocycles. The smallest absolute Gasteiger partial charge is 0.0162 e. The van der Waals surface area contributed by atoms with Crippen molar-refractivity contribution in [2.24, 2.45) is 0 Å². The van der Waals surface area contributed by atoms with E-state index in [-0.39, 0.29) is 10.8 Å². The lowest BCUT2D eigenvalue weighted by atomic mass is 9.72. The summed E-state index contributed by atoms with van der Waals surface area (Å²) in [5.41, 5.74) is 18.8. The second-order valence-electron chi connectivity index (χ2n) is 16.5. The highest BCUT2D eigenvalue weighted by molar-refractivity contribution is 6.21. The van der Waals surface area contributed by atoms with Crippen molar-refractivity contribution in [3.63, 3.8) is 0 Å². The number of benzene rings is 9. The van der Waals surface area contributed by atoms with Crippen LogP contribution in [-0.4, -0.2) is 0 Å². The van der Waals surface area contributed by atoms with Gasteiger partial charge in [0.2, 0.25) is 0 Å². The van der Waals surface area contributed by atoms with Gasteiger partial charge in [-0.2, -0.15) is 0 Å². The lowest BCUT2D eigenvalue weighted by molar-refractivity contribution is 0.601. The van der Waals surface area contributed by atoms with Crippen molar-refractivity contribution in [3.05, 3.63) is 192 Å². The molecule has 9 aromatic rings. The lowest BCUT2D eigenvalue weighted by Gasteiger charge is -2.30. The van der Waals surface area contributed by atoms with Gasteiger partial charge in [-0.25, -0.2) is 0 Å². The Labute approximate surface area is 317 Å². The van der Waals surface area contributed by atoms with E-state index < -0.39 is 0 Å². The highest BCUT2D eigenvalue weighted by Gasteiger charge is 2.45. The van der Waals surface area contributed by atoms with Crippen LogP contribution in [0.2, 0.25) is 0 Å². The average Bonchev–Trinajstić information content (AvgIpc) is 3.58. The molecule has 0 atom stereocenters. The quantitative estimate of drug-likeness (QED) is 0.162. The molecule has 0 aliphatic heterocycles. The Morgan fingerprint density at radius 3 is 1.44 bits per heavy atom. The summed E-state index contributed by atoms with van der Waals surface area (Å²) in [7, 11) is 0. The highest BCUT2D eigenvalue weighted by Crippen LogP contribution is 2.59. The Bertz CT molecular complexity index is 2990. The zero-order valence-corrected chi connectivity index (χ0v) is 31.2. The maximum absolute atomic E-state index is 2.46. The van der Waals surface area contributed by atoms with E-state index in [2.05, 4.69) is 198 Å². The molecule has 0 saturated heterocycles. The third-order valence-electron chi connectivity index (χ3n) is 12.8. The van der Waals surface area contributed by atoms with Crippen LogP contribution in [0.3, 0.4) is 0 Å². The monoisotopic (exact) mass is 688 g/mol. The number of hydrogen-bond donors (Lipinski definition) is 0. The van der Waals surface area contributed by atoms with Crippen molar-refractivity contribution in [1.82, 2.24) is 0 Å². The molecule has 0 heterocycles. The van der Waals surface area contributed by atoms with Crippen molar-refractivity contribution in [2.45, 2.75) is 38.5 Å². The molecule has 0 unspecified atom stereocenters. The van der Waals surface area contributed by atoms with Gasteiger partial charge in [0.1, 0.15) is 0 Å². The van der Waals surface area contributed by atoms with E-state index in [9.17, 15) is 0 Å². The third kappa shape index (κ3) is 4.26. The van der Waals surface area contributed by atoms with Crippen LogP contribution in [-0.2, 0) is 10.8 Å². The van der Waals surface area contributed by atoms with Gasteiger partial charge in [0.05, 0.1) is 0 Å². The van der Waals surface area contributed by atoms with Crippen LogP contribution in [0, 0.1) is 0 Å². The third-order valence-corrected chi connectivity index (χ3v) is 12.8. The van der Waals surface area contributed by atoms with Crippen LogP contribution in [0.1, 0.15) is 49.9 Å². The molecular formula is C54H40. The van der Waals surface area contributed by atoms with Crippen molar-refractivity contribution in [1.29, 1.82) is 0 Å². The molecule has 0 spiro atoms. The van der Waals surface area contributed by atoms with Crippen molar-refractivity contribution >= 4 is 32.3 Å². The maximum Gasteiger partial charge on any atom is 0.0162 e. The van der Waals surface area contributed by atoms with E-state index in [4.69, 9.17) is 0 Å². The number of rotatable bonds is 3. The molecule has 0 bridgehead atoms. The standard InChI is InChI=1S/C54H40/c1-53(2)47-23-12-11-18-39(47)44-27-28-45-46-32-36(26-29-48(46)54(3,4)52(45)51(44)53)35-16-13-17-37(31-35)49-40-19-7-9-21-42(40)50(43-22-10-8-20-41(43)49)38-25-24-33-14-5-6-15-34(33)30-38/h5-32H,1-4H3. The molecule has 0 heteroatoms. The largest absolute Gasteiger partial charge is 0.0619 e. The van der Waals surface area contributed by atoms with E-state index in [1.165, 1.54) is 110 Å². The first-order valence-corrected chi connectivity index (χ1v) is 19.3. The molecule has 2 aliphatic rings. The summed E-state index contributed by atoms with van der Waals surface area (Å²) in [6.45, 7) is 9.68. The SMILES string of the molecule is CC1(C)c2ccccc2-c2ccc3c(c21)C(C)(C)c1ccc(-c2cccc(-c4c5ccccc5c(-c5ccc6ccccc6c5)c5ccccc45)c2)cc1-3. The van der Waals surface area contributed by atoms with Gasteiger partial charge in [0.25, 0.3) is 0 Å². The highest BCUT2D eigenvalue weighted by atomic mass is 14.5. The minimum atomic E-state index is -0.0969. The Balaban J connectivity index is 1.08. The van der Waals surface area contributed by atoms with Gasteiger partial charge in [-0.3, -0.25) is 0 Å². The Morgan fingerprint density at radius 2 is 0.778 bits per heavy atom. The average molecular weight is 689 g/mol. The molecule has 0 aromatic heterocycles. The molecule has 0 N–H and O–H groups in total. The fourth-order valence-corrected chi connectivity index (χ4v) is 10.3. The summed E-state index contributed by atoms with van der Waals surface area (Å²) in [5.74, 6) is 0. The molecule has 0 fully saturated rings. The molecule has 256 valence electrons. The van der Waals surface area contributed by atoms with Crippen LogP contribution >= 0.6 is 0 Å². The van der Waals surface area contributed by atoms with Gasteiger partial charge >= 0.3 is 0 Å². The van der Waals surface area contributed by atoms with Crippen molar-refractivity contribution in [2.75, 3.05) is 0 Å². The molecule has 0 nitrogen and oxygen atoms in total. The van der Waals surface area contributed by atoms with Gasteiger partial charge in [0.15, 0.2) is 0 Å². The minimum absolute atomic E-state index is 0.0524. The van der Waals surface area contributed by atoms with Gasteiger partial charge in [0, 0.05) is 10.8 Å². The summed E-state index contributed by atoms with van der Waals surface area (Å²) in [6, 6.07) is 63.7. The van der Waals surface area contributed by atoms with Crippen molar-refractivity contribution in [3.8, 4) is 55.6 Å². The lowest BCUT2D eigenvalue weighted by Crippen LogP contribution is -2.24. The van der Waals surface area contributed by atoms with E-state index in [0.717, 1.165) is 0 Å². The van der Waals surface area contributed by atoms with Gasteiger partial charge in [-0.1, -0.05) is 179 Å². The van der Waals surface area contributed by atoms with Crippen LogP contribution in [0.5, 0.6) is 0 Å². The summed E-state index contributed by atoms with van der Waals surface area (Å²) in [6.07, 6.45) is 0. The number of hydrogen-bond acceptors (Lipinski definition) is 0. The minimum Gasteiger partial charge on any atom is -0.0619 e. The van der Waals surface area contributed by atoms with E-state index >= 15 is 0 Å². The first-order chi connectivity index (χ1) is 26.3. The van der Waals surface area contributed by atoms with E-state index in [0.29, 0.717) is 0 Å². The zero-order valence-electron chi connectivity index (χ0n) is 31.2. The maximum atomic E-state index is 2.46. The second-order valence-corrected chi connectivity index (χ2v) is 16.5. The zero-order chi connectivity index (χ0) is 36.3. The summed E-state index contributed by atoms with van der Waals surface area (Å²) in [5, 5.41) is 7.64. The van der Waals surface area contributed by atoms with E-state index in [1.807, 2.05) is 0 Å². The molecule has 2 aliphatic carbocycles. The fourth-order valence-electron chi connectivity index (χ4n) is 10.3. The van der Waals surface area contributed by atoms with Crippen LogP contribution in [0.15, 0.2) is 170 Å². The summed E-state index contributed by atoms with van der Waals surface area (Å²) in [4.78, 5) is 0. The second kappa shape index (κ2) is 11.1. The summed E-state index contributed by atoms with van der Waals surface area (Å²) >= 11 is 0. The summed E-state index contributed by atoms with van der Waals surface area (Å²) < 4.78 is 0. The first-order valence-electron chi connectivity index (χ1n) is 19.3. The van der Waals surface area contributed by atoms with Gasteiger partial charge in [-0.15, -0.1) is 0 Å². The predicted octanol–water partition coefficient (Wildman–Crippen LogP) is 14.8. The van der Waals surface area contributed by atoms with Gasteiger partial charge in [-0.05, 0) is 128 Å². The van der Waals surface area contributed by atoms with Crippen LogP contribution in [0.25, 0.3) is 88.0 Å². The molecule has 11 rings (SSSR count). The Hall–Kier alpha value is -6.24. The molecule has 0 radical (unpaired) electrons. The number of fused-ring (bicyclic) bond motifs is 10. The molecule has 0 saturated carbocycles.